The number of aliphatic hydroxyl groups excluding tert-OH is 1. The number of piperidine rings is 1. The Morgan fingerprint density at radius 3 is 2.76 bits per heavy atom. The number of aryl methyl sites for hydroxylation is 1. The minimum Gasteiger partial charge on any atom is -0.496 e. The fourth-order valence-electron chi connectivity index (χ4n) is 4.87. The Hall–Kier alpha value is -2.16. The molecule has 1 fully saturated rings. The number of hydrogen-bond acceptors (Lipinski definition) is 4. The van der Waals surface area contributed by atoms with Crippen molar-refractivity contribution in [2.24, 2.45) is 4.99 Å². The first-order valence-electron chi connectivity index (χ1n) is 13.4. The van der Waals surface area contributed by atoms with Crippen LogP contribution in [0.2, 0.25) is 0 Å². The van der Waals surface area contributed by atoms with Gasteiger partial charge in [0.1, 0.15) is 11.6 Å². The highest BCUT2D eigenvalue weighted by Gasteiger charge is 2.19. The molecule has 0 aliphatic carbocycles. The van der Waals surface area contributed by atoms with E-state index in [0.29, 0.717) is 42.5 Å². The number of hydrogen-bond donors (Lipinski definition) is 3. The highest BCUT2D eigenvalue weighted by atomic mass is 79.9. The first-order valence-corrected chi connectivity index (χ1v) is 14.2. The Bertz CT molecular complexity index is 1030. The molecule has 0 spiro atoms. The molecular formula is C29H42BrFN4O2. The van der Waals surface area contributed by atoms with E-state index in [9.17, 15) is 9.50 Å². The second-order valence-corrected chi connectivity index (χ2v) is 11.0. The molecule has 37 heavy (non-hydrogen) atoms. The molecule has 2 atom stereocenters. The summed E-state index contributed by atoms with van der Waals surface area (Å²) in [5.41, 5.74) is 1.96. The van der Waals surface area contributed by atoms with E-state index in [4.69, 9.17) is 9.73 Å². The van der Waals surface area contributed by atoms with E-state index in [-0.39, 0.29) is 11.9 Å². The van der Waals surface area contributed by atoms with Crippen LogP contribution in [0.4, 0.5) is 4.39 Å². The Balaban J connectivity index is 1.68. The third-order valence-electron chi connectivity index (χ3n) is 6.85. The zero-order valence-electron chi connectivity index (χ0n) is 22.6. The van der Waals surface area contributed by atoms with Crippen LogP contribution < -0.4 is 15.4 Å². The minimum atomic E-state index is -1.10. The predicted octanol–water partition coefficient (Wildman–Crippen LogP) is 5.58. The second kappa shape index (κ2) is 14.7. The maximum Gasteiger partial charge on any atom is 0.193 e. The van der Waals surface area contributed by atoms with Crippen LogP contribution in [0.3, 0.4) is 0 Å². The van der Waals surface area contributed by atoms with Gasteiger partial charge in [-0.15, -0.1) is 0 Å². The van der Waals surface area contributed by atoms with Gasteiger partial charge >= 0.3 is 0 Å². The molecule has 0 radical (unpaired) electrons. The van der Waals surface area contributed by atoms with Gasteiger partial charge in [0.05, 0.1) is 7.11 Å². The van der Waals surface area contributed by atoms with Crippen LogP contribution in [0, 0.1) is 5.82 Å². The molecule has 6 nitrogen and oxygen atoms in total. The molecule has 2 unspecified atom stereocenters. The molecular weight excluding hydrogens is 535 g/mol. The largest absolute Gasteiger partial charge is 0.496 e. The number of nitrogens with zero attached hydrogens (tertiary/aromatic N) is 2. The van der Waals surface area contributed by atoms with Crippen LogP contribution in [-0.2, 0) is 12.8 Å². The van der Waals surface area contributed by atoms with Crippen molar-refractivity contribution in [2.45, 2.75) is 77.6 Å². The standard InChI is InChI=1S/C29H42BrFN4O2/c1-20(2)33-29(32-16-8-18-35-17-6-5-9-21(35)3)34-28(36)25-10-7-11-26(31)24(25)14-12-22-19-23(30)13-15-27(22)37-4/h7,10-11,13,15,19-21,28,36H,5-6,8-9,12,14,16-18H2,1-4H3,(H2,32,33,34). The van der Waals surface area contributed by atoms with E-state index in [2.05, 4.69) is 38.4 Å². The van der Waals surface area contributed by atoms with Crippen molar-refractivity contribution in [1.29, 1.82) is 0 Å². The fraction of sp³-hybridized carbons (Fsp3) is 0.552. The first kappa shape index (κ1) is 29.4. The van der Waals surface area contributed by atoms with E-state index in [1.54, 1.807) is 19.2 Å². The molecule has 0 aromatic heterocycles. The van der Waals surface area contributed by atoms with Gasteiger partial charge in [0.15, 0.2) is 12.2 Å². The fourth-order valence-corrected chi connectivity index (χ4v) is 5.27. The zero-order chi connectivity index (χ0) is 26.8. The Morgan fingerprint density at radius 2 is 2.03 bits per heavy atom. The molecule has 0 amide bonds. The number of halogens is 2. The smallest absolute Gasteiger partial charge is 0.193 e. The monoisotopic (exact) mass is 576 g/mol. The average molecular weight is 578 g/mol. The number of ether oxygens (including phenoxy) is 1. The quantitative estimate of drug-likeness (QED) is 0.141. The summed E-state index contributed by atoms with van der Waals surface area (Å²) in [6.45, 7) is 9.18. The Kier molecular flexibility index (Phi) is 11.7. The highest BCUT2D eigenvalue weighted by Crippen LogP contribution is 2.27. The summed E-state index contributed by atoms with van der Waals surface area (Å²) in [5.74, 6) is 0.950. The molecule has 3 N–H and O–H groups in total. The van der Waals surface area contributed by atoms with Crippen LogP contribution in [-0.4, -0.2) is 54.8 Å². The molecule has 8 heteroatoms. The Morgan fingerprint density at radius 1 is 1.22 bits per heavy atom. The summed E-state index contributed by atoms with van der Waals surface area (Å²) < 4.78 is 21.4. The van der Waals surface area contributed by atoms with E-state index < -0.39 is 6.23 Å². The maximum absolute atomic E-state index is 14.9. The normalized spacial score (nSPS) is 17.6. The number of benzene rings is 2. The van der Waals surface area contributed by atoms with Crippen molar-refractivity contribution < 1.29 is 14.2 Å². The number of nitrogens with one attached hydrogen (secondary N) is 2. The molecule has 3 rings (SSSR count). The molecule has 1 aliphatic heterocycles. The summed E-state index contributed by atoms with van der Waals surface area (Å²) in [6.07, 6.45) is 4.70. The van der Waals surface area contributed by atoms with Crippen molar-refractivity contribution in [2.75, 3.05) is 26.7 Å². The van der Waals surface area contributed by atoms with E-state index in [1.165, 1.54) is 25.3 Å². The van der Waals surface area contributed by atoms with Gasteiger partial charge < -0.3 is 25.4 Å². The third kappa shape index (κ3) is 8.97. The van der Waals surface area contributed by atoms with Crippen molar-refractivity contribution in [1.82, 2.24) is 15.5 Å². The topological polar surface area (TPSA) is 69.1 Å². The van der Waals surface area contributed by atoms with Gasteiger partial charge in [0.25, 0.3) is 0 Å². The molecule has 0 saturated carbocycles. The van der Waals surface area contributed by atoms with Gasteiger partial charge in [-0.1, -0.05) is 34.5 Å². The lowest BCUT2D eigenvalue weighted by Crippen LogP contribution is -2.43. The van der Waals surface area contributed by atoms with E-state index in [0.717, 1.165) is 35.3 Å². The Labute approximate surface area is 229 Å². The summed E-state index contributed by atoms with van der Waals surface area (Å²) in [5, 5.41) is 17.5. The maximum atomic E-state index is 14.9. The lowest BCUT2D eigenvalue weighted by atomic mass is 9.98. The van der Waals surface area contributed by atoms with E-state index >= 15 is 0 Å². The molecule has 1 heterocycles. The summed E-state index contributed by atoms with van der Waals surface area (Å²) in [7, 11) is 1.63. The lowest BCUT2D eigenvalue weighted by Gasteiger charge is -2.33. The van der Waals surface area contributed by atoms with Crippen molar-refractivity contribution >= 4 is 21.9 Å². The number of methoxy groups -OCH3 is 1. The van der Waals surface area contributed by atoms with Gasteiger partial charge in [0.2, 0.25) is 0 Å². The SMILES string of the molecule is COc1ccc(Br)cc1CCc1c(F)cccc1C(O)NC(=NCCCN1CCCCC1C)NC(C)C. The van der Waals surface area contributed by atoms with Gasteiger partial charge in [0, 0.05) is 35.2 Å². The predicted molar refractivity (Wildman–Crippen MR) is 153 cm³/mol. The second-order valence-electron chi connectivity index (χ2n) is 10.1. The first-order chi connectivity index (χ1) is 17.8. The average Bonchev–Trinajstić information content (AvgIpc) is 2.86. The number of likely N-dealkylation sites (tertiary alicyclic amines) is 1. The van der Waals surface area contributed by atoms with Crippen LogP contribution in [0.1, 0.15) is 69.4 Å². The molecule has 2 aromatic rings. The van der Waals surface area contributed by atoms with Crippen LogP contribution >= 0.6 is 15.9 Å². The number of guanidine groups is 1. The lowest BCUT2D eigenvalue weighted by molar-refractivity contribution is 0.158. The molecule has 1 saturated heterocycles. The number of aliphatic imine (C=N–C) groups is 1. The van der Waals surface area contributed by atoms with Gasteiger partial charge in [-0.05, 0) is 94.8 Å². The van der Waals surface area contributed by atoms with Gasteiger partial charge in [-0.25, -0.2) is 4.39 Å². The van der Waals surface area contributed by atoms with Gasteiger partial charge in [-0.3, -0.25) is 4.99 Å². The number of aliphatic hydroxyl groups is 1. The molecule has 1 aliphatic rings. The summed E-state index contributed by atoms with van der Waals surface area (Å²) in [6, 6.07) is 11.4. The number of rotatable bonds is 11. The van der Waals surface area contributed by atoms with Crippen molar-refractivity contribution in [3.63, 3.8) is 0 Å². The van der Waals surface area contributed by atoms with Crippen molar-refractivity contribution in [3.8, 4) is 5.75 Å². The van der Waals surface area contributed by atoms with Gasteiger partial charge in [-0.2, -0.15) is 0 Å². The summed E-state index contributed by atoms with van der Waals surface area (Å²) in [4.78, 5) is 7.25. The zero-order valence-corrected chi connectivity index (χ0v) is 24.2. The molecule has 2 aromatic carbocycles. The van der Waals surface area contributed by atoms with E-state index in [1.807, 2.05) is 32.0 Å². The van der Waals surface area contributed by atoms with Crippen molar-refractivity contribution in [3.05, 3.63) is 63.4 Å². The molecule has 204 valence electrons. The van der Waals surface area contributed by atoms with Crippen LogP contribution in [0.5, 0.6) is 5.75 Å². The van der Waals surface area contributed by atoms with Crippen LogP contribution in [0.15, 0.2) is 45.9 Å². The third-order valence-corrected chi connectivity index (χ3v) is 7.34. The molecule has 0 bridgehead atoms. The minimum absolute atomic E-state index is 0.136. The van der Waals surface area contributed by atoms with Crippen LogP contribution in [0.25, 0.3) is 0 Å². The highest BCUT2D eigenvalue weighted by molar-refractivity contribution is 9.10. The summed E-state index contributed by atoms with van der Waals surface area (Å²) >= 11 is 3.50.